The van der Waals surface area contributed by atoms with Crippen LogP contribution in [0.15, 0.2) is 48.7 Å². The van der Waals surface area contributed by atoms with Gasteiger partial charge < -0.3 is 5.32 Å². The monoisotopic (exact) mass is 366 g/mol. The first kappa shape index (κ1) is 14.5. The Morgan fingerprint density at radius 1 is 1.16 bits per heavy atom. The van der Waals surface area contributed by atoms with Gasteiger partial charge in [-0.2, -0.15) is 0 Å². The summed E-state index contributed by atoms with van der Waals surface area (Å²) in [5.41, 5.74) is 2.47. The molecule has 0 aliphatic heterocycles. The molecule has 0 fully saturated rings. The second kappa shape index (κ2) is 7.60. The van der Waals surface area contributed by atoms with Crippen LogP contribution in [0, 0.1) is 3.57 Å². The summed E-state index contributed by atoms with van der Waals surface area (Å²) >= 11 is 2.34. The van der Waals surface area contributed by atoms with Crippen LogP contribution in [-0.2, 0) is 6.42 Å². The lowest BCUT2D eigenvalue weighted by Crippen LogP contribution is -2.24. The standard InChI is InChI=1S/C16H19IN2/c1-2-10-18-16(15-5-3-4-11-19-15)12-13-6-8-14(17)9-7-13/h3-9,11,16,18H,2,10,12H2,1H3. The Bertz CT molecular complexity index is 482. The number of hydrogen-bond acceptors (Lipinski definition) is 2. The third-order valence-electron chi connectivity index (χ3n) is 3.04. The Labute approximate surface area is 128 Å². The second-order valence-corrected chi connectivity index (χ2v) is 5.84. The number of hydrogen-bond donors (Lipinski definition) is 1. The van der Waals surface area contributed by atoms with E-state index in [0.29, 0.717) is 6.04 Å². The molecule has 0 bridgehead atoms. The van der Waals surface area contributed by atoms with E-state index in [2.05, 4.69) is 76.2 Å². The topological polar surface area (TPSA) is 24.9 Å². The second-order valence-electron chi connectivity index (χ2n) is 4.59. The quantitative estimate of drug-likeness (QED) is 0.783. The molecule has 0 aliphatic carbocycles. The molecular formula is C16H19IN2. The number of pyridine rings is 1. The Morgan fingerprint density at radius 2 is 1.95 bits per heavy atom. The van der Waals surface area contributed by atoms with Crippen molar-refractivity contribution >= 4 is 22.6 Å². The SMILES string of the molecule is CCCNC(Cc1ccc(I)cc1)c1ccccn1. The highest BCUT2D eigenvalue weighted by molar-refractivity contribution is 14.1. The van der Waals surface area contributed by atoms with E-state index in [9.17, 15) is 0 Å². The minimum absolute atomic E-state index is 0.293. The molecule has 0 saturated heterocycles. The van der Waals surface area contributed by atoms with Gasteiger partial charge in [0.25, 0.3) is 0 Å². The fourth-order valence-electron chi connectivity index (χ4n) is 2.04. The minimum atomic E-state index is 0.293. The van der Waals surface area contributed by atoms with Crippen molar-refractivity contribution in [3.63, 3.8) is 0 Å². The van der Waals surface area contributed by atoms with Crippen LogP contribution in [0.3, 0.4) is 0 Å². The van der Waals surface area contributed by atoms with Gasteiger partial charge in [0.2, 0.25) is 0 Å². The van der Waals surface area contributed by atoms with Crippen molar-refractivity contribution in [3.05, 3.63) is 63.5 Å². The number of rotatable bonds is 6. The summed E-state index contributed by atoms with van der Waals surface area (Å²) in [6.45, 7) is 3.21. The van der Waals surface area contributed by atoms with Crippen LogP contribution in [0.2, 0.25) is 0 Å². The van der Waals surface area contributed by atoms with Crippen molar-refractivity contribution in [2.45, 2.75) is 25.8 Å². The Balaban J connectivity index is 2.11. The highest BCUT2D eigenvalue weighted by atomic mass is 127. The predicted molar refractivity (Wildman–Crippen MR) is 88.1 cm³/mol. The molecule has 0 spiro atoms. The van der Waals surface area contributed by atoms with E-state index < -0.39 is 0 Å². The minimum Gasteiger partial charge on any atom is -0.308 e. The molecular weight excluding hydrogens is 347 g/mol. The fraction of sp³-hybridized carbons (Fsp3) is 0.312. The average Bonchev–Trinajstić information content (AvgIpc) is 2.46. The first-order chi connectivity index (χ1) is 9.29. The van der Waals surface area contributed by atoms with Gasteiger partial charge in [0, 0.05) is 9.77 Å². The highest BCUT2D eigenvalue weighted by Crippen LogP contribution is 2.17. The van der Waals surface area contributed by atoms with Crippen LogP contribution in [0.1, 0.15) is 30.6 Å². The molecule has 0 amide bonds. The zero-order valence-corrected chi connectivity index (χ0v) is 13.3. The highest BCUT2D eigenvalue weighted by Gasteiger charge is 2.12. The Morgan fingerprint density at radius 3 is 2.58 bits per heavy atom. The molecule has 1 unspecified atom stereocenters. The largest absolute Gasteiger partial charge is 0.308 e. The molecule has 3 heteroatoms. The summed E-state index contributed by atoms with van der Waals surface area (Å²) < 4.78 is 1.28. The predicted octanol–water partition coefficient (Wildman–Crippen LogP) is 3.97. The van der Waals surface area contributed by atoms with Crippen LogP contribution >= 0.6 is 22.6 Å². The molecule has 2 rings (SSSR count). The lowest BCUT2D eigenvalue weighted by Gasteiger charge is -2.18. The van der Waals surface area contributed by atoms with Gasteiger partial charge in [-0.05, 0) is 71.8 Å². The maximum absolute atomic E-state index is 4.48. The summed E-state index contributed by atoms with van der Waals surface area (Å²) in [6.07, 6.45) is 3.98. The fourth-order valence-corrected chi connectivity index (χ4v) is 2.40. The van der Waals surface area contributed by atoms with Crippen LogP contribution in [-0.4, -0.2) is 11.5 Å². The van der Waals surface area contributed by atoms with Crippen molar-refractivity contribution < 1.29 is 0 Å². The first-order valence-corrected chi connectivity index (χ1v) is 7.76. The van der Waals surface area contributed by atoms with Gasteiger partial charge in [-0.3, -0.25) is 4.98 Å². The Kier molecular flexibility index (Phi) is 5.79. The molecule has 2 nitrogen and oxygen atoms in total. The van der Waals surface area contributed by atoms with E-state index in [4.69, 9.17) is 0 Å². The lowest BCUT2D eigenvalue weighted by atomic mass is 10.0. The first-order valence-electron chi connectivity index (χ1n) is 6.68. The lowest BCUT2D eigenvalue weighted by molar-refractivity contribution is 0.518. The Hall–Kier alpha value is -0.940. The summed E-state index contributed by atoms with van der Waals surface area (Å²) in [7, 11) is 0. The van der Waals surface area contributed by atoms with Gasteiger partial charge >= 0.3 is 0 Å². The maximum atomic E-state index is 4.48. The average molecular weight is 366 g/mol. The van der Waals surface area contributed by atoms with Gasteiger partial charge in [0.05, 0.1) is 11.7 Å². The van der Waals surface area contributed by atoms with Crippen molar-refractivity contribution in [2.24, 2.45) is 0 Å². The van der Waals surface area contributed by atoms with E-state index in [1.807, 2.05) is 12.3 Å². The molecule has 0 saturated carbocycles. The van der Waals surface area contributed by atoms with E-state index in [0.717, 1.165) is 25.1 Å². The zero-order chi connectivity index (χ0) is 13.5. The summed E-state index contributed by atoms with van der Waals surface area (Å²) in [5.74, 6) is 0. The molecule has 0 radical (unpaired) electrons. The van der Waals surface area contributed by atoms with Crippen molar-refractivity contribution in [3.8, 4) is 0 Å². The van der Waals surface area contributed by atoms with Gasteiger partial charge in [0.1, 0.15) is 0 Å². The van der Waals surface area contributed by atoms with E-state index in [1.165, 1.54) is 9.13 Å². The van der Waals surface area contributed by atoms with E-state index in [-0.39, 0.29) is 0 Å². The molecule has 1 atom stereocenters. The van der Waals surface area contributed by atoms with E-state index in [1.54, 1.807) is 0 Å². The van der Waals surface area contributed by atoms with Gasteiger partial charge in [0.15, 0.2) is 0 Å². The molecule has 1 N–H and O–H groups in total. The van der Waals surface area contributed by atoms with Crippen molar-refractivity contribution in [2.75, 3.05) is 6.54 Å². The molecule has 19 heavy (non-hydrogen) atoms. The van der Waals surface area contributed by atoms with Gasteiger partial charge in [-0.1, -0.05) is 25.1 Å². The maximum Gasteiger partial charge on any atom is 0.0576 e. The normalized spacial score (nSPS) is 12.3. The van der Waals surface area contributed by atoms with Crippen LogP contribution in [0.5, 0.6) is 0 Å². The summed E-state index contributed by atoms with van der Waals surface area (Å²) in [5, 5.41) is 3.58. The number of nitrogens with one attached hydrogen (secondary N) is 1. The number of aromatic nitrogens is 1. The number of halogens is 1. The van der Waals surface area contributed by atoms with Gasteiger partial charge in [-0.15, -0.1) is 0 Å². The molecule has 2 aromatic rings. The van der Waals surface area contributed by atoms with Crippen LogP contribution in [0.25, 0.3) is 0 Å². The molecule has 1 aromatic carbocycles. The number of nitrogens with zero attached hydrogens (tertiary/aromatic N) is 1. The van der Waals surface area contributed by atoms with Crippen molar-refractivity contribution in [1.82, 2.24) is 10.3 Å². The van der Waals surface area contributed by atoms with Crippen LogP contribution < -0.4 is 5.32 Å². The number of benzene rings is 1. The van der Waals surface area contributed by atoms with E-state index >= 15 is 0 Å². The molecule has 0 aliphatic rings. The molecule has 100 valence electrons. The third-order valence-corrected chi connectivity index (χ3v) is 3.76. The molecule has 1 heterocycles. The zero-order valence-electron chi connectivity index (χ0n) is 11.1. The third kappa shape index (κ3) is 4.58. The smallest absolute Gasteiger partial charge is 0.0576 e. The molecule has 1 aromatic heterocycles. The summed E-state index contributed by atoms with van der Waals surface area (Å²) in [4.78, 5) is 4.48. The summed E-state index contributed by atoms with van der Waals surface area (Å²) in [6, 6.07) is 15.1. The van der Waals surface area contributed by atoms with Crippen LogP contribution in [0.4, 0.5) is 0 Å². The van der Waals surface area contributed by atoms with Crippen molar-refractivity contribution in [1.29, 1.82) is 0 Å². The van der Waals surface area contributed by atoms with Gasteiger partial charge in [-0.25, -0.2) is 0 Å².